The van der Waals surface area contributed by atoms with Gasteiger partial charge in [0.05, 0.1) is 6.04 Å². The number of hydrogen-bond donors (Lipinski definition) is 2. The Labute approximate surface area is 170 Å². The lowest BCUT2D eigenvalue weighted by Gasteiger charge is -2.14. The Hall–Kier alpha value is -0.570. The van der Waals surface area contributed by atoms with Crippen LogP contribution in [0.25, 0.3) is 0 Å². The Morgan fingerprint density at radius 3 is 1.44 bits per heavy atom. The summed E-state index contributed by atoms with van der Waals surface area (Å²) in [5.41, 5.74) is 5.88. The Morgan fingerprint density at radius 1 is 0.704 bits per heavy atom. The van der Waals surface area contributed by atoms with Gasteiger partial charge in [0.15, 0.2) is 0 Å². The number of rotatable bonds is 20. The molecule has 0 saturated heterocycles. The third kappa shape index (κ3) is 20.0. The molecule has 3 N–H and O–H groups in total. The number of nitrogens with two attached hydrogens (primary N) is 1. The van der Waals surface area contributed by atoms with E-state index in [1.807, 2.05) is 0 Å². The van der Waals surface area contributed by atoms with Crippen LogP contribution in [-0.4, -0.2) is 18.5 Å². The molecule has 0 fully saturated rings. The maximum atomic E-state index is 11.8. The van der Waals surface area contributed by atoms with Gasteiger partial charge in [-0.05, 0) is 18.8 Å². The lowest BCUT2D eigenvalue weighted by atomic mass is 10.0. The van der Waals surface area contributed by atoms with E-state index in [1.54, 1.807) is 0 Å². The molecule has 0 aromatic rings. The van der Waals surface area contributed by atoms with E-state index in [0.29, 0.717) is 5.92 Å². The predicted octanol–water partition coefficient (Wildman–Crippen LogP) is 6.74. The van der Waals surface area contributed by atoms with E-state index in [9.17, 15) is 4.79 Å². The van der Waals surface area contributed by atoms with Crippen LogP contribution in [0.5, 0.6) is 0 Å². The molecule has 3 nitrogen and oxygen atoms in total. The molecule has 0 aliphatic carbocycles. The molecule has 3 heteroatoms. The van der Waals surface area contributed by atoms with Crippen LogP contribution >= 0.6 is 0 Å². The van der Waals surface area contributed by atoms with Crippen LogP contribution in [0.3, 0.4) is 0 Å². The molecule has 0 rings (SSSR count). The number of carbonyl (C=O) groups is 1. The fraction of sp³-hybridized carbons (Fsp3) is 0.958. The number of unbranched alkanes of at least 4 members (excludes halogenated alkanes) is 15. The highest BCUT2D eigenvalue weighted by Gasteiger charge is 2.13. The monoisotopic (exact) mass is 382 g/mol. The first kappa shape index (κ1) is 26.4. The molecule has 0 saturated carbocycles. The van der Waals surface area contributed by atoms with E-state index in [4.69, 9.17) is 5.73 Å². The van der Waals surface area contributed by atoms with Crippen molar-refractivity contribution in [3.8, 4) is 0 Å². The van der Waals surface area contributed by atoms with Gasteiger partial charge >= 0.3 is 0 Å². The van der Waals surface area contributed by atoms with Gasteiger partial charge in [0, 0.05) is 6.54 Å². The fourth-order valence-corrected chi connectivity index (χ4v) is 3.63. The van der Waals surface area contributed by atoms with Crippen LogP contribution in [0.15, 0.2) is 0 Å². The Kier molecular flexibility index (Phi) is 19.7. The van der Waals surface area contributed by atoms with Crippen LogP contribution in [0.2, 0.25) is 0 Å². The van der Waals surface area contributed by atoms with Crippen molar-refractivity contribution in [3.05, 3.63) is 0 Å². The summed E-state index contributed by atoms with van der Waals surface area (Å²) in [4.78, 5) is 11.8. The highest BCUT2D eigenvalue weighted by Crippen LogP contribution is 2.13. The Morgan fingerprint density at radius 2 is 1.07 bits per heavy atom. The lowest BCUT2D eigenvalue weighted by Crippen LogP contribution is -2.41. The molecular formula is C24H50N2O. The molecule has 1 atom stereocenters. The van der Waals surface area contributed by atoms with Crippen molar-refractivity contribution in [1.82, 2.24) is 5.32 Å². The van der Waals surface area contributed by atoms with E-state index in [0.717, 1.165) is 19.4 Å². The molecule has 1 amide bonds. The molecule has 0 aromatic heterocycles. The second kappa shape index (κ2) is 20.2. The highest BCUT2D eigenvalue weighted by molar-refractivity contribution is 5.81. The maximum Gasteiger partial charge on any atom is 0.236 e. The van der Waals surface area contributed by atoms with Gasteiger partial charge in [0.2, 0.25) is 5.91 Å². The van der Waals surface area contributed by atoms with Gasteiger partial charge in [0.1, 0.15) is 0 Å². The molecule has 0 heterocycles. The highest BCUT2D eigenvalue weighted by atomic mass is 16.2. The summed E-state index contributed by atoms with van der Waals surface area (Å²) in [6, 6.07) is -0.342. The molecule has 0 radical (unpaired) electrons. The van der Waals surface area contributed by atoms with E-state index < -0.39 is 0 Å². The van der Waals surface area contributed by atoms with E-state index in [1.165, 1.54) is 96.3 Å². The molecular weight excluding hydrogens is 332 g/mol. The van der Waals surface area contributed by atoms with E-state index in [2.05, 4.69) is 26.1 Å². The third-order valence-electron chi connectivity index (χ3n) is 5.39. The normalized spacial score (nSPS) is 12.5. The topological polar surface area (TPSA) is 55.1 Å². The van der Waals surface area contributed by atoms with Crippen LogP contribution in [-0.2, 0) is 4.79 Å². The summed E-state index contributed by atoms with van der Waals surface area (Å²) < 4.78 is 0. The number of nitrogens with one attached hydrogen (secondary N) is 1. The average Bonchev–Trinajstić information content (AvgIpc) is 2.63. The molecule has 0 unspecified atom stereocenters. The zero-order valence-corrected chi connectivity index (χ0v) is 18.9. The van der Waals surface area contributed by atoms with Crippen LogP contribution < -0.4 is 11.1 Å². The average molecular weight is 383 g/mol. The van der Waals surface area contributed by atoms with Crippen LogP contribution in [0, 0.1) is 5.92 Å². The van der Waals surface area contributed by atoms with Gasteiger partial charge in [-0.25, -0.2) is 0 Å². The van der Waals surface area contributed by atoms with Gasteiger partial charge in [-0.3, -0.25) is 4.79 Å². The zero-order chi connectivity index (χ0) is 20.2. The van der Waals surface area contributed by atoms with Crippen molar-refractivity contribution in [2.45, 2.75) is 136 Å². The summed E-state index contributed by atoms with van der Waals surface area (Å²) in [6.45, 7) is 7.26. The minimum absolute atomic E-state index is 0.0182. The molecule has 0 spiro atoms. The predicted molar refractivity (Wildman–Crippen MR) is 120 cm³/mol. The largest absolute Gasteiger partial charge is 0.355 e. The first-order chi connectivity index (χ1) is 13.1. The Bertz CT molecular complexity index is 318. The molecule has 162 valence electrons. The second-order valence-electron chi connectivity index (χ2n) is 8.83. The summed E-state index contributed by atoms with van der Waals surface area (Å²) in [5, 5.41) is 2.97. The van der Waals surface area contributed by atoms with Crippen LogP contribution in [0.1, 0.15) is 130 Å². The van der Waals surface area contributed by atoms with Gasteiger partial charge in [-0.2, -0.15) is 0 Å². The third-order valence-corrected chi connectivity index (χ3v) is 5.39. The summed E-state index contributed by atoms with van der Waals surface area (Å²) in [5.74, 6) is 0.492. The SMILES string of the molecule is CCCCCCCCCCCCCCCCCCNC(=O)[C@@H](N)CC(C)C. The maximum absolute atomic E-state index is 11.8. The quantitative estimate of drug-likeness (QED) is 0.229. The van der Waals surface area contributed by atoms with Gasteiger partial charge < -0.3 is 11.1 Å². The molecule has 0 aromatic carbocycles. The molecule has 0 bridgehead atoms. The van der Waals surface area contributed by atoms with Gasteiger partial charge in [0.25, 0.3) is 0 Å². The van der Waals surface area contributed by atoms with Crippen molar-refractivity contribution < 1.29 is 4.79 Å². The fourth-order valence-electron chi connectivity index (χ4n) is 3.63. The summed E-state index contributed by atoms with van der Waals surface area (Å²) in [7, 11) is 0. The van der Waals surface area contributed by atoms with Crippen molar-refractivity contribution >= 4 is 5.91 Å². The molecule has 27 heavy (non-hydrogen) atoms. The first-order valence-electron chi connectivity index (χ1n) is 12.1. The number of amides is 1. The first-order valence-corrected chi connectivity index (χ1v) is 12.1. The summed E-state index contributed by atoms with van der Waals surface area (Å²) >= 11 is 0. The summed E-state index contributed by atoms with van der Waals surface area (Å²) in [6.07, 6.45) is 22.8. The molecule has 0 aliphatic heterocycles. The minimum Gasteiger partial charge on any atom is -0.355 e. The number of hydrogen-bond acceptors (Lipinski definition) is 2. The van der Waals surface area contributed by atoms with Crippen LogP contribution in [0.4, 0.5) is 0 Å². The molecule has 0 aliphatic rings. The Balaban J connectivity index is 3.18. The number of carbonyl (C=O) groups excluding carboxylic acids is 1. The lowest BCUT2D eigenvalue weighted by molar-refractivity contribution is -0.122. The van der Waals surface area contributed by atoms with Crippen molar-refractivity contribution in [2.24, 2.45) is 11.7 Å². The zero-order valence-electron chi connectivity index (χ0n) is 18.9. The smallest absolute Gasteiger partial charge is 0.236 e. The van der Waals surface area contributed by atoms with E-state index >= 15 is 0 Å². The van der Waals surface area contributed by atoms with Crippen molar-refractivity contribution in [1.29, 1.82) is 0 Å². The minimum atomic E-state index is -0.342. The van der Waals surface area contributed by atoms with Gasteiger partial charge in [-0.1, -0.05) is 117 Å². The standard InChI is InChI=1S/C24H50N2O/c1-4-5-6-7-8-9-10-11-12-13-14-15-16-17-18-19-20-26-24(27)23(25)21-22(2)3/h22-23H,4-21,25H2,1-3H3,(H,26,27)/t23-/m0/s1. The van der Waals surface area contributed by atoms with E-state index in [-0.39, 0.29) is 11.9 Å². The van der Waals surface area contributed by atoms with Crippen molar-refractivity contribution in [2.75, 3.05) is 6.54 Å². The second-order valence-corrected chi connectivity index (χ2v) is 8.83. The van der Waals surface area contributed by atoms with Gasteiger partial charge in [-0.15, -0.1) is 0 Å². The van der Waals surface area contributed by atoms with Crippen molar-refractivity contribution in [3.63, 3.8) is 0 Å².